The van der Waals surface area contributed by atoms with Crippen molar-refractivity contribution in [1.29, 1.82) is 0 Å². The Morgan fingerprint density at radius 3 is 2.50 bits per heavy atom. The largest absolute Gasteiger partial charge is 0.212 e. The smallest absolute Gasteiger partial charge is 0.201 e. The standard InChI is InChI=1S/C25H28N/c1-16(2)18-10-11-19-21-13-17(3)20(24-9-7-8-12-26(24)6)15-23(21)25(4,5)22(19)14-18/h7-16H,1-6H3/q+1/i1D3,16D. The molecule has 4 rings (SSSR count). The van der Waals surface area contributed by atoms with Crippen LogP contribution in [0.4, 0.5) is 0 Å². The molecular formula is C25H28N+. The maximum Gasteiger partial charge on any atom is 0.212 e. The summed E-state index contributed by atoms with van der Waals surface area (Å²) in [6.45, 7) is 5.60. The molecule has 0 aliphatic heterocycles. The van der Waals surface area contributed by atoms with E-state index in [4.69, 9.17) is 5.48 Å². The van der Waals surface area contributed by atoms with E-state index in [2.05, 4.69) is 62.8 Å². The Balaban J connectivity index is 1.91. The maximum absolute atomic E-state index is 8.51. The first-order valence-corrected chi connectivity index (χ1v) is 9.11. The molecule has 0 saturated heterocycles. The third-order valence-corrected chi connectivity index (χ3v) is 5.78. The van der Waals surface area contributed by atoms with Crippen LogP contribution in [0.2, 0.25) is 0 Å². The highest BCUT2D eigenvalue weighted by atomic mass is 14.9. The first-order valence-electron chi connectivity index (χ1n) is 11.1. The van der Waals surface area contributed by atoms with Crippen LogP contribution in [0.3, 0.4) is 0 Å². The fraction of sp³-hybridized carbons (Fsp3) is 0.320. The third-order valence-electron chi connectivity index (χ3n) is 5.78. The van der Waals surface area contributed by atoms with Gasteiger partial charge in [-0.05, 0) is 58.3 Å². The molecule has 0 bridgehead atoms. The molecule has 1 nitrogen and oxygen atoms in total. The second-order valence-corrected chi connectivity index (χ2v) is 7.92. The molecule has 1 unspecified atom stereocenters. The second kappa shape index (κ2) is 5.81. The summed E-state index contributed by atoms with van der Waals surface area (Å²) >= 11 is 0. The highest BCUT2D eigenvalue weighted by molar-refractivity contribution is 5.84. The zero-order valence-corrected chi connectivity index (χ0v) is 16.1. The number of hydrogen-bond donors (Lipinski definition) is 0. The zero-order chi connectivity index (χ0) is 22.1. The van der Waals surface area contributed by atoms with Gasteiger partial charge in [0.05, 0.1) is 0 Å². The molecule has 0 saturated carbocycles. The Morgan fingerprint density at radius 1 is 1.00 bits per heavy atom. The molecule has 26 heavy (non-hydrogen) atoms. The van der Waals surface area contributed by atoms with Gasteiger partial charge < -0.3 is 0 Å². The first-order chi connectivity index (χ1) is 13.9. The Morgan fingerprint density at radius 2 is 1.77 bits per heavy atom. The molecule has 1 aliphatic carbocycles. The molecule has 1 aliphatic rings. The molecule has 0 fully saturated rings. The molecule has 1 heterocycles. The van der Waals surface area contributed by atoms with E-state index in [0.29, 0.717) is 5.56 Å². The van der Waals surface area contributed by atoms with Crippen molar-refractivity contribution in [1.82, 2.24) is 0 Å². The van der Waals surface area contributed by atoms with Gasteiger partial charge in [0.15, 0.2) is 6.20 Å². The third kappa shape index (κ3) is 2.41. The summed E-state index contributed by atoms with van der Waals surface area (Å²) in [5.74, 6) is -1.65. The lowest BCUT2D eigenvalue weighted by Crippen LogP contribution is -2.30. The summed E-state index contributed by atoms with van der Waals surface area (Å²) in [7, 11) is 2.05. The number of hydrogen-bond acceptors (Lipinski definition) is 0. The van der Waals surface area contributed by atoms with Crippen molar-refractivity contribution in [2.45, 2.75) is 45.9 Å². The van der Waals surface area contributed by atoms with Gasteiger partial charge in [-0.25, -0.2) is 4.57 Å². The van der Waals surface area contributed by atoms with Crippen LogP contribution in [-0.4, -0.2) is 0 Å². The van der Waals surface area contributed by atoms with E-state index in [1.807, 2.05) is 24.3 Å². The fourth-order valence-corrected chi connectivity index (χ4v) is 4.20. The predicted octanol–water partition coefficient (Wildman–Crippen LogP) is 5.92. The summed E-state index contributed by atoms with van der Waals surface area (Å²) in [4.78, 5) is 0. The molecule has 0 spiro atoms. The average molecular weight is 347 g/mol. The van der Waals surface area contributed by atoms with Crippen molar-refractivity contribution in [3.63, 3.8) is 0 Å². The van der Waals surface area contributed by atoms with Crippen LogP contribution in [-0.2, 0) is 12.5 Å². The minimum Gasteiger partial charge on any atom is -0.201 e. The first kappa shape index (κ1) is 12.9. The molecular weight excluding hydrogens is 314 g/mol. The van der Waals surface area contributed by atoms with E-state index < -0.39 is 12.7 Å². The van der Waals surface area contributed by atoms with E-state index in [1.165, 1.54) is 29.2 Å². The van der Waals surface area contributed by atoms with Crippen molar-refractivity contribution in [2.75, 3.05) is 0 Å². The Labute approximate surface area is 163 Å². The van der Waals surface area contributed by atoms with E-state index in [9.17, 15) is 0 Å². The van der Waals surface area contributed by atoms with Crippen molar-refractivity contribution in [3.05, 3.63) is 77.0 Å². The lowest BCUT2D eigenvalue weighted by atomic mass is 9.80. The van der Waals surface area contributed by atoms with Gasteiger partial charge in [0.25, 0.3) is 0 Å². The summed E-state index contributed by atoms with van der Waals surface area (Å²) < 4.78 is 34.1. The number of aryl methyl sites for hydroxylation is 2. The average Bonchev–Trinajstić information content (AvgIpc) is 2.87. The summed E-state index contributed by atoms with van der Waals surface area (Å²) in [6, 6.07) is 16.5. The summed E-state index contributed by atoms with van der Waals surface area (Å²) in [5.41, 5.74) is 8.48. The number of fused-ring (bicyclic) bond motifs is 3. The molecule has 1 heteroatoms. The molecule has 1 atom stereocenters. The van der Waals surface area contributed by atoms with Crippen LogP contribution >= 0.6 is 0 Å². The van der Waals surface area contributed by atoms with Crippen LogP contribution in [0, 0.1) is 6.92 Å². The molecule has 1 aromatic heterocycles. The molecule has 0 N–H and O–H groups in total. The lowest BCUT2D eigenvalue weighted by molar-refractivity contribution is -0.660. The fourth-order valence-electron chi connectivity index (χ4n) is 4.20. The van der Waals surface area contributed by atoms with E-state index in [0.717, 1.165) is 16.8 Å². The van der Waals surface area contributed by atoms with Crippen LogP contribution in [0.1, 0.15) is 61.3 Å². The molecule has 0 amide bonds. The van der Waals surface area contributed by atoms with Crippen molar-refractivity contribution in [2.24, 2.45) is 7.05 Å². The van der Waals surface area contributed by atoms with Crippen LogP contribution in [0.15, 0.2) is 54.7 Å². The SMILES string of the molecule is [2H]C([2H])([2H])C([2H])(C)c1ccc2c(c1)C(C)(C)c1cc(-c3cccc[n+]3C)c(C)cc1-2. The Hall–Kier alpha value is -2.41. The summed E-state index contributed by atoms with van der Waals surface area (Å²) in [6.07, 6.45) is 2.05. The topological polar surface area (TPSA) is 3.88 Å². The minimum atomic E-state index is -2.39. The van der Waals surface area contributed by atoms with Crippen molar-refractivity contribution in [3.8, 4) is 22.4 Å². The molecule has 2 aromatic carbocycles. The number of nitrogens with zero attached hydrogens (tertiary/aromatic N) is 1. The molecule has 132 valence electrons. The van der Waals surface area contributed by atoms with Crippen molar-refractivity contribution >= 4 is 0 Å². The van der Waals surface area contributed by atoms with E-state index in [-0.39, 0.29) is 5.41 Å². The predicted molar refractivity (Wildman–Crippen MR) is 109 cm³/mol. The molecule has 3 aromatic rings. The van der Waals surface area contributed by atoms with Crippen LogP contribution in [0.5, 0.6) is 0 Å². The highest BCUT2D eigenvalue weighted by Crippen LogP contribution is 2.50. The van der Waals surface area contributed by atoms with Gasteiger partial charge in [-0.2, -0.15) is 0 Å². The normalized spacial score (nSPS) is 19.4. The maximum atomic E-state index is 8.51. The quantitative estimate of drug-likeness (QED) is 0.507. The minimum absolute atomic E-state index is 0.276. The van der Waals surface area contributed by atoms with E-state index in [1.54, 1.807) is 0 Å². The van der Waals surface area contributed by atoms with Crippen molar-refractivity contribution < 1.29 is 10.1 Å². The zero-order valence-electron chi connectivity index (χ0n) is 20.1. The number of benzene rings is 2. The lowest BCUT2D eigenvalue weighted by Gasteiger charge is -2.23. The van der Waals surface area contributed by atoms with E-state index >= 15 is 0 Å². The summed E-state index contributed by atoms with van der Waals surface area (Å²) in [5, 5.41) is 0. The van der Waals surface area contributed by atoms with Crippen LogP contribution < -0.4 is 4.57 Å². The molecule has 0 radical (unpaired) electrons. The van der Waals surface area contributed by atoms with Gasteiger partial charge in [-0.1, -0.05) is 51.9 Å². The van der Waals surface area contributed by atoms with Crippen LogP contribution in [0.25, 0.3) is 22.4 Å². The Bertz CT molecular complexity index is 1160. The van der Waals surface area contributed by atoms with Gasteiger partial charge in [-0.3, -0.25) is 0 Å². The Kier molecular flexibility index (Phi) is 2.87. The number of pyridine rings is 1. The number of aromatic nitrogens is 1. The van der Waals surface area contributed by atoms with Gasteiger partial charge in [0.1, 0.15) is 7.05 Å². The van der Waals surface area contributed by atoms with Gasteiger partial charge >= 0.3 is 0 Å². The number of rotatable bonds is 2. The second-order valence-electron chi connectivity index (χ2n) is 7.92. The highest BCUT2D eigenvalue weighted by Gasteiger charge is 2.36. The van der Waals surface area contributed by atoms with Gasteiger partial charge in [-0.15, -0.1) is 0 Å². The van der Waals surface area contributed by atoms with Gasteiger partial charge in [0, 0.05) is 28.6 Å². The monoisotopic (exact) mass is 346 g/mol. The van der Waals surface area contributed by atoms with Gasteiger partial charge in [0.2, 0.25) is 5.69 Å².